The van der Waals surface area contributed by atoms with Gasteiger partial charge >= 0.3 is 0 Å². The second-order valence-corrected chi connectivity index (χ2v) is 3.33. The quantitative estimate of drug-likeness (QED) is 0.530. The third-order valence-electron chi connectivity index (χ3n) is 2.55. The van der Waals surface area contributed by atoms with E-state index >= 15 is 0 Å². The fraction of sp³-hybridized carbons (Fsp3) is 0.0909. The lowest BCUT2D eigenvalue weighted by Gasteiger charge is -1.95. The Kier molecular flexibility index (Phi) is 1.29. The molecule has 0 fully saturated rings. The van der Waals surface area contributed by atoms with Crippen molar-refractivity contribution in [1.29, 1.82) is 5.26 Å². The molecular formula is C11H7N3. The Labute approximate surface area is 81.2 Å². The molecule has 0 saturated heterocycles. The van der Waals surface area contributed by atoms with Crippen LogP contribution in [0.5, 0.6) is 0 Å². The largest absolute Gasteiger partial charge is 0.259 e. The van der Waals surface area contributed by atoms with E-state index in [1.807, 2.05) is 22.9 Å². The summed E-state index contributed by atoms with van der Waals surface area (Å²) in [5.74, 6) is 0. The predicted octanol–water partition coefficient (Wildman–Crippen LogP) is 1.78. The minimum atomic E-state index is 0.662. The van der Waals surface area contributed by atoms with Gasteiger partial charge in [-0.2, -0.15) is 10.4 Å². The maximum Gasteiger partial charge on any atom is 0.103 e. The van der Waals surface area contributed by atoms with Gasteiger partial charge in [-0.1, -0.05) is 24.3 Å². The Balaban J connectivity index is 2.34. The van der Waals surface area contributed by atoms with Gasteiger partial charge in [0.2, 0.25) is 0 Å². The molecule has 1 aliphatic heterocycles. The summed E-state index contributed by atoms with van der Waals surface area (Å²) >= 11 is 0. The number of benzene rings is 1. The number of fused-ring (bicyclic) bond motifs is 3. The van der Waals surface area contributed by atoms with Gasteiger partial charge in [0.15, 0.2) is 0 Å². The van der Waals surface area contributed by atoms with Gasteiger partial charge in [-0.05, 0) is 5.56 Å². The summed E-state index contributed by atoms with van der Waals surface area (Å²) in [6.07, 6.45) is 1.63. The van der Waals surface area contributed by atoms with E-state index in [4.69, 9.17) is 5.26 Å². The normalized spacial score (nSPS) is 11.9. The van der Waals surface area contributed by atoms with Crippen molar-refractivity contribution in [2.45, 2.75) is 6.54 Å². The van der Waals surface area contributed by atoms with Crippen LogP contribution in [-0.2, 0) is 6.54 Å². The van der Waals surface area contributed by atoms with Crippen LogP contribution in [0.4, 0.5) is 0 Å². The standard InChI is InChI=1S/C11H7N3/c12-5-9-6-13-14-7-8-3-1-2-4-10(8)11(9)14/h1-4,6H,7H2. The molecule has 2 heterocycles. The first-order chi connectivity index (χ1) is 6.90. The second-order valence-electron chi connectivity index (χ2n) is 3.33. The number of hydrogen-bond acceptors (Lipinski definition) is 2. The highest BCUT2D eigenvalue weighted by atomic mass is 15.3. The van der Waals surface area contributed by atoms with Crippen LogP contribution in [0, 0.1) is 11.3 Å². The summed E-state index contributed by atoms with van der Waals surface area (Å²) in [7, 11) is 0. The Bertz CT molecular complexity index is 546. The molecule has 66 valence electrons. The summed E-state index contributed by atoms with van der Waals surface area (Å²) < 4.78 is 1.88. The smallest absolute Gasteiger partial charge is 0.103 e. The molecule has 3 nitrogen and oxygen atoms in total. The van der Waals surface area contributed by atoms with E-state index in [2.05, 4.69) is 17.2 Å². The van der Waals surface area contributed by atoms with E-state index in [-0.39, 0.29) is 0 Å². The number of nitriles is 1. The van der Waals surface area contributed by atoms with Crippen molar-refractivity contribution in [3.63, 3.8) is 0 Å². The fourth-order valence-electron chi connectivity index (χ4n) is 1.92. The SMILES string of the molecule is N#Cc1cnn2c1-c1ccccc1C2. The highest BCUT2D eigenvalue weighted by Gasteiger charge is 2.21. The average molecular weight is 181 g/mol. The molecule has 0 aliphatic carbocycles. The summed E-state index contributed by atoms with van der Waals surface area (Å²) in [4.78, 5) is 0. The molecule has 0 spiro atoms. The van der Waals surface area contributed by atoms with Crippen molar-refractivity contribution in [1.82, 2.24) is 9.78 Å². The minimum absolute atomic E-state index is 0.662. The Hall–Kier alpha value is -2.08. The predicted molar refractivity (Wildman–Crippen MR) is 51.5 cm³/mol. The molecule has 1 aromatic carbocycles. The molecule has 0 saturated carbocycles. The van der Waals surface area contributed by atoms with Crippen molar-refractivity contribution in [2.75, 3.05) is 0 Å². The van der Waals surface area contributed by atoms with E-state index in [1.54, 1.807) is 6.20 Å². The Morgan fingerprint density at radius 1 is 1.36 bits per heavy atom. The molecule has 0 N–H and O–H groups in total. The fourth-order valence-corrected chi connectivity index (χ4v) is 1.92. The molecule has 0 atom stereocenters. The average Bonchev–Trinajstić information content (AvgIpc) is 2.75. The van der Waals surface area contributed by atoms with Crippen LogP contribution in [-0.4, -0.2) is 9.78 Å². The zero-order valence-corrected chi connectivity index (χ0v) is 7.44. The molecule has 1 aliphatic rings. The van der Waals surface area contributed by atoms with Crippen molar-refractivity contribution >= 4 is 0 Å². The maximum atomic E-state index is 8.91. The van der Waals surface area contributed by atoms with E-state index in [0.29, 0.717) is 5.56 Å². The van der Waals surface area contributed by atoms with Gasteiger partial charge in [0.25, 0.3) is 0 Å². The summed E-state index contributed by atoms with van der Waals surface area (Å²) in [6.45, 7) is 0.785. The molecule has 0 radical (unpaired) electrons. The van der Waals surface area contributed by atoms with E-state index in [9.17, 15) is 0 Å². The first-order valence-electron chi connectivity index (χ1n) is 4.44. The van der Waals surface area contributed by atoms with Gasteiger partial charge in [-0.15, -0.1) is 0 Å². The summed E-state index contributed by atoms with van der Waals surface area (Å²) in [5, 5.41) is 13.1. The maximum absolute atomic E-state index is 8.91. The molecular weight excluding hydrogens is 174 g/mol. The molecule has 0 amide bonds. The van der Waals surface area contributed by atoms with Crippen molar-refractivity contribution in [3.8, 4) is 17.3 Å². The van der Waals surface area contributed by atoms with E-state index < -0.39 is 0 Å². The lowest BCUT2D eigenvalue weighted by atomic mass is 10.1. The number of nitrogens with zero attached hydrogens (tertiary/aromatic N) is 3. The van der Waals surface area contributed by atoms with Gasteiger partial charge in [0, 0.05) is 5.56 Å². The molecule has 2 aromatic rings. The van der Waals surface area contributed by atoms with Crippen molar-refractivity contribution in [2.24, 2.45) is 0 Å². The number of aromatic nitrogens is 2. The lowest BCUT2D eigenvalue weighted by Crippen LogP contribution is -1.93. The van der Waals surface area contributed by atoms with Gasteiger partial charge < -0.3 is 0 Å². The van der Waals surface area contributed by atoms with Crippen LogP contribution < -0.4 is 0 Å². The first kappa shape index (κ1) is 7.34. The van der Waals surface area contributed by atoms with Crippen LogP contribution in [0.3, 0.4) is 0 Å². The number of hydrogen-bond donors (Lipinski definition) is 0. The molecule has 1 aromatic heterocycles. The van der Waals surface area contributed by atoms with Crippen LogP contribution in [0.2, 0.25) is 0 Å². The highest BCUT2D eigenvalue weighted by molar-refractivity contribution is 5.72. The highest BCUT2D eigenvalue weighted by Crippen LogP contribution is 2.33. The molecule has 0 unspecified atom stereocenters. The van der Waals surface area contributed by atoms with Crippen LogP contribution in [0.15, 0.2) is 30.5 Å². The topological polar surface area (TPSA) is 41.6 Å². The molecule has 3 heteroatoms. The monoisotopic (exact) mass is 181 g/mol. The minimum Gasteiger partial charge on any atom is -0.259 e. The zero-order valence-electron chi connectivity index (χ0n) is 7.44. The molecule has 14 heavy (non-hydrogen) atoms. The first-order valence-corrected chi connectivity index (χ1v) is 4.44. The number of rotatable bonds is 0. The Morgan fingerprint density at radius 3 is 3.07 bits per heavy atom. The zero-order chi connectivity index (χ0) is 9.54. The third kappa shape index (κ3) is 0.775. The third-order valence-corrected chi connectivity index (χ3v) is 2.55. The molecule has 3 rings (SSSR count). The van der Waals surface area contributed by atoms with E-state index in [1.165, 1.54) is 5.56 Å². The van der Waals surface area contributed by atoms with Crippen LogP contribution >= 0.6 is 0 Å². The van der Waals surface area contributed by atoms with Crippen molar-refractivity contribution < 1.29 is 0 Å². The lowest BCUT2D eigenvalue weighted by molar-refractivity contribution is 0.720. The Morgan fingerprint density at radius 2 is 2.21 bits per heavy atom. The van der Waals surface area contributed by atoms with Crippen LogP contribution in [0.25, 0.3) is 11.3 Å². The summed E-state index contributed by atoms with van der Waals surface area (Å²) in [5.41, 5.74) is 4.01. The summed E-state index contributed by atoms with van der Waals surface area (Å²) in [6, 6.07) is 10.3. The van der Waals surface area contributed by atoms with Crippen molar-refractivity contribution in [3.05, 3.63) is 41.6 Å². The second kappa shape index (κ2) is 2.46. The van der Waals surface area contributed by atoms with Gasteiger partial charge in [-0.25, -0.2) is 0 Å². The molecule has 0 bridgehead atoms. The van der Waals surface area contributed by atoms with Gasteiger partial charge in [-0.3, -0.25) is 4.68 Å². The van der Waals surface area contributed by atoms with Crippen LogP contribution in [0.1, 0.15) is 11.1 Å². The van der Waals surface area contributed by atoms with Gasteiger partial charge in [0.05, 0.1) is 24.0 Å². The van der Waals surface area contributed by atoms with E-state index in [0.717, 1.165) is 17.8 Å². The van der Waals surface area contributed by atoms with Gasteiger partial charge in [0.1, 0.15) is 6.07 Å².